The normalized spacial score (nSPS) is 20.2. The fraction of sp³-hybridized carbons (Fsp3) is 0.278. The van der Waals surface area contributed by atoms with E-state index in [4.69, 9.17) is 4.42 Å². The molecule has 0 radical (unpaired) electrons. The molecule has 3 aromatic rings. The molecule has 1 atom stereocenters. The Morgan fingerprint density at radius 1 is 1.19 bits per heavy atom. The van der Waals surface area contributed by atoms with E-state index in [1.807, 2.05) is 24.3 Å². The highest BCUT2D eigenvalue weighted by Crippen LogP contribution is 2.28. The molecule has 2 aromatic carbocycles. The first-order chi connectivity index (χ1) is 12.3. The molecular formula is C18H18N2O5S. The fourth-order valence-corrected chi connectivity index (χ4v) is 4.49. The van der Waals surface area contributed by atoms with Crippen LogP contribution < -0.4 is 10.5 Å². The van der Waals surface area contributed by atoms with Crippen LogP contribution in [-0.2, 0) is 22.9 Å². The van der Waals surface area contributed by atoms with E-state index in [1.54, 1.807) is 0 Å². The number of H-pyrrole nitrogens is 1. The van der Waals surface area contributed by atoms with Crippen LogP contribution in [-0.4, -0.2) is 30.7 Å². The summed E-state index contributed by atoms with van der Waals surface area (Å²) >= 11 is 0. The molecule has 0 bridgehead atoms. The van der Waals surface area contributed by atoms with Crippen molar-refractivity contribution < 1.29 is 17.9 Å². The second-order valence-corrected chi connectivity index (χ2v) is 8.43. The van der Waals surface area contributed by atoms with Crippen LogP contribution in [0.1, 0.15) is 17.5 Å². The van der Waals surface area contributed by atoms with E-state index >= 15 is 0 Å². The Hall–Kier alpha value is -2.42. The zero-order valence-corrected chi connectivity index (χ0v) is 14.7. The number of oxazole rings is 1. The number of benzene rings is 2. The van der Waals surface area contributed by atoms with Gasteiger partial charge in [0.15, 0.2) is 5.58 Å². The average Bonchev–Trinajstić information content (AvgIpc) is 2.99. The third-order valence-corrected chi connectivity index (χ3v) is 6.19. The number of rotatable bonds is 4. The van der Waals surface area contributed by atoms with Gasteiger partial charge in [0.1, 0.15) is 0 Å². The van der Waals surface area contributed by atoms with Crippen LogP contribution in [0.25, 0.3) is 11.1 Å². The van der Waals surface area contributed by atoms with Crippen molar-refractivity contribution in [1.29, 1.82) is 0 Å². The Morgan fingerprint density at radius 2 is 1.96 bits per heavy atom. The molecule has 1 aliphatic carbocycles. The van der Waals surface area contributed by atoms with Crippen LogP contribution in [0.15, 0.2) is 56.6 Å². The predicted molar refractivity (Wildman–Crippen MR) is 95.4 cm³/mol. The second-order valence-electron chi connectivity index (χ2n) is 6.67. The van der Waals surface area contributed by atoms with Gasteiger partial charge in [0.25, 0.3) is 0 Å². The minimum absolute atomic E-state index is 0.00172. The van der Waals surface area contributed by atoms with Gasteiger partial charge in [-0.15, -0.1) is 0 Å². The lowest BCUT2D eigenvalue weighted by atomic mass is 9.80. The molecule has 1 heterocycles. The van der Waals surface area contributed by atoms with Crippen molar-refractivity contribution in [2.75, 3.05) is 6.54 Å². The molecule has 0 saturated heterocycles. The number of aromatic amines is 1. The third kappa shape index (κ3) is 3.18. The molecule has 8 heteroatoms. The standard InChI is InChI=1S/C18H18N2O5S/c21-17-20-15-9-14(5-6-16(15)25-17)26(23,24)19-11-18(22)8-7-12-3-1-2-4-13(12)10-18/h1-6,9,19,22H,7-8,10-11H2,(H,20,21). The maximum atomic E-state index is 12.6. The van der Waals surface area contributed by atoms with Gasteiger partial charge in [-0.05, 0) is 42.2 Å². The Kier molecular flexibility index (Phi) is 3.98. The second kappa shape index (κ2) is 6.08. The highest BCUT2D eigenvalue weighted by molar-refractivity contribution is 7.89. The molecule has 4 rings (SSSR count). The van der Waals surface area contributed by atoms with Crippen molar-refractivity contribution in [3.05, 3.63) is 64.1 Å². The molecule has 0 aliphatic heterocycles. The van der Waals surface area contributed by atoms with E-state index < -0.39 is 21.4 Å². The molecule has 7 nitrogen and oxygen atoms in total. The highest BCUT2D eigenvalue weighted by atomic mass is 32.2. The van der Waals surface area contributed by atoms with Crippen molar-refractivity contribution in [1.82, 2.24) is 9.71 Å². The van der Waals surface area contributed by atoms with Gasteiger partial charge in [0.2, 0.25) is 10.0 Å². The lowest BCUT2D eigenvalue weighted by Crippen LogP contribution is -2.46. The van der Waals surface area contributed by atoms with Crippen LogP contribution in [0.2, 0.25) is 0 Å². The summed E-state index contributed by atoms with van der Waals surface area (Å²) < 4.78 is 32.5. The lowest BCUT2D eigenvalue weighted by molar-refractivity contribution is 0.0317. The largest absolute Gasteiger partial charge is 0.417 e. The molecule has 1 aliphatic rings. The van der Waals surface area contributed by atoms with Crippen LogP contribution in [0.4, 0.5) is 0 Å². The van der Waals surface area contributed by atoms with Gasteiger partial charge in [-0.25, -0.2) is 17.9 Å². The highest BCUT2D eigenvalue weighted by Gasteiger charge is 2.33. The summed E-state index contributed by atoms with van der Waals surface area (Å²) in [4.78, 5) is 13.6. The monoisotopic (exact) mass is 374 g/mol. The lowest BCUT2D eigenvalue weighted by Gasteiger charge is -2.33. The number of hydrogen-bond donors (Lipinski definition) is 3. The van der Waals surface area contributed by atoms with Gasteiger partial charge in [-0.1, -0.05) is 24.3 Å². The van der Waals surface area contributed by atoms with Crippen LogP contribution >= 0.6 is 0 Å². The van der Waals surface area contributed by atoms with E-state index in [0.717, 1.165) is 5.56 Å². The Bertz CT molecular complexity index is 1130. The first-order valence-electron chi connectivity index (χ1n) is 8.26. The molecule has 0 saturated carbocycles. The number of nitrogens with one attached hydrogen (secondary N) is 2. The Morgan fingerprint density at radius 3 is 2.77 bits per heavy atom. The summed E-state index contributed by atoms with van der Waals surface area (Å²) in [5.74, 6) is -0.641. The smallest absolute Gasteiger partial charge is 0.408 e. The number of sulfonamides is 1. The molecule has 0 fully saturated rings. The fourth-order valence-electron chi connectivity index (χ4n) is 3.35. The zero-order chi connectivity index (χ0) is 18.4. The zero-order valence-electron chi connectivity index (χ0n) is 13.9. The summed E-state index contributed by atoms with van der Waals surface area (Å²) in [6.45, 7) is -0.0798. The maximum absolute atomic E-state index is 12.6. The van der Waals surface area contributed by atoms with Crippen LogP contribution in [0.5, 0.6) is 0 Å². The summed E-state index contributed by atoms with van der Waals surface area (Å²) in [5, 5.41) is 10.8. The molecule has 1 aromatic heterocycles. The van der Waals surface area contributed by atoms with Crippen molar-refractivity contribution in [2.45, 2.75) is 29.8 Å². The van der Waals surface area contributed by atoms with Gasteiger partial charge in [0.05, 0.1) is 16.0 Å². The Labute approximate surface area is 149 Å². The number of aliphatic hydroxyl groups is 1. The van der Waals surface area contributed by atoms with Gasteiger partial charge < -0.3 is 9.52 Å². The van der Waals surface area contributed by atoms with Crippen molar-refractivity contribution in [3.63, 3.8) is 0 Å². The quantitative estimate of drug-likeness (QED) is 0.638. The van der Waals surface area contributed by atoms with Crippen LogP contribution in [0.3, 0.4) is 0 Å². The maximum Gasteiger partial charge on any atom is 0.417 e. The average molecular weight is 374 g/mol. The third-order valence-electron chi connectivity index (χ3n) is 4.79. The number of aromatic nitrogens is 1. The van der Waals surface area contributed by atoms with E-state index in [9.17, 15) is 18.3 Å². The van der Waals surface area contributed by atoms with Gasteiger partial charge >= 0.3 is 5.76 Å². The number of aryl methyl sites for hydroxylation is 1. The number of hydrogen-bond acceptors (Lipinski definition) is 5. The summed E-state index contributed by atoms with van der Waals surface area (Å²) in [6.07, 6.45) is 1.59. The summed E-state index contributed by atoms with van der Waals surface area (Å²) in [7, 11) is -3.83. The van der Waals surface area contributed by atoms with E-state index in [-0.39, 0.29) is 17.0 Å². The summed E-state index contributed by atoms with van der Waals surface area (Å²) in [6, 6.07) is 12.0. The Balaban J connectivity index is 1.53. The minimum atomic E-state index is -3.83. The number of fused-ring (bicyclic) bond motifs is 2. The molecule has 0 spiro atoms. The van der Waals surface area contributed by atoms with E-state index in [2.05, 4.69) is 9.71 Å². The van der Waals surface area contributed by atoms with Crippen LogP contribution in [0, 0.1) is 0 Å². The molecule has 26 heavy (non-hydrogen) atoms. The first kappa shape index (κ1) is 17.0. The van der Waals surface area contributed by atoms with E-state index in [1.165, 1.54) is 23.8 Å². The van der Waals surface area contributed by atoms with E-state index in [0.29, 0.717) is 24.8 Å². The molecular weight excluding hydrogens is 356 g/mol. The van der Waals surface area contributed by atoms with Crippen molar-refractivity contribution in [3.8, 4) is 0 Å². The van der Waals surface area contributed by atoms with Gasteiger partial charge in [0, 0.05) is 13.0 Å². The molecule has 1 unspecified atom stereocenters. The molecule has 136 valence electrons. The molecule has 3 N–H and O–H groups in total. The molecule has 0 amide bonds. The van der Waals surface area contributed by atoms with Gasteiger partial charge in [-0.2, -0.15) is 0 Å². The minimum Gasteiger partial charge on any atom is -0.408 e. The van der Waals surface area contributed by atoms with Gasteiger partial charge in [-0.3, -0.25) is 4.98 Å². The predicted octanol–water partition coefficient (Wildman–Crippen LogP) is 1.32. The topological polar surface area (TPSA) is 112 Å². The SMILES string of the molecule is O=c1[nH]c2cc(S(=O)(=O)NCC3(O)CCc4ccccc4C3)ccc2o1. The summed E-state index contributed by atoms with van der Waals surface area (Å²) in [5.41, 5.74) is 1.70. The van der Waals surface area contributed by atoms with Crippen molar-refractivity contribution >= 4 is 21.1 Å². The first-order valence-corrected chi connectivity index (χ1v) is 9.75. The van der Waals surface area contributed by atoms with Crippen molar-refractivity contribution in [2.24, 2.45) is 0 Å².